The molecule has 10 heteroatoms. The van der Waals surface area contributed by atoms with Crippen LogP contribution in [0.15, 0.2) is 36.9 Å². The monoisotopic (exact) mass is 401 g/mol. The topological polar surface area (TPSA) is 135 Å². The number of methoxy groups -OCH3 is 1. The number of nitrogens with zero attached hydrogens (tertiary/aromatic N) is 4. The Morgan fingerprint density at radius 3 is 2.59 bits per heavy atom. The quantitative estimate of drug-likeness (QED) is 0.469. The predicted molar refractivity (Wildman–Crippen MR) is 103 cm³/mol. The van der Waals surface area contributed by atoms with E-state index in [0.717, 1.165) is 11.3 Å². The highest BCUT2D eigenvalue weighted by Crippen LogP contribution is 2.32. The Morgan fingerprint density at radius 2 is 1.93 bits per heavy atom. The van der Waals surface area contributed by atoms with Crippen molar-refractivity contribution < 1.29 is 24.8 Å². The molecule has 154 valence electrons. The first kappa shape index (κ1) is 19.5. The molecule has 2 aromatic heterocycles. The fraction of sp³-hybridized carbons (Fsp3) is 0.421. The Bertz CT molecular complexity index is 979. The van der Waals surface area contributed by atoms with Gasteiger partial charge < -0.3 is 30.1 Å². The van der Waals surface area contributed by atoms with Gasteiger partial charge in [0.2, 0.25) is 0 Å². The minimum Gasteiger partial charge on any atom is -0.497 e. The van der Waals surface area contributed by atoms with E-state index in [1.54, 1.807) is 7.11 Å². The fourth-order valence-electron chi connectivity index (χ4n) is 3.43. The number of imidazole rings is 1. The van der Waals surface area contributed by atoms with Crippen molar-refractivity contribution in [1.82, 2.24) is 19.5 Å². The summed E-state index contributed by atoms with van der Waals surface area (Å²) in [5.74, 6) is 1.31. The summed E-state index contributed by atoms with van der Waals surface area (Å²) >= 11 is 0. The van der Waals surface area contributed by atoms with E-state index in [1.807, 2.05) is 31.2 Å². The highest BCUT2D eigenvalue weighted by molar-refractivity contribution is 5.82. The van der Waals surface area contributed by atoms with Crippen LogP contribution in [0.25, 0.3) is 11.2 Å². The number of hydrogen-bond acceptors (Lipinski definition) is 9. The van der Waals surface area contributed by atoms with Crippen molar-refractivity contribution in [2.75, 3.05) is 19.0 Å². The van der Waals surface area contributed by atoms with Crippen LogP contribution in [0.3, 0.4) is 0 Å². The molecule has 29 heavy (non-hydrogen) atoms. The number of aliphatic hydroxyl groups is 3. The minimum atomic E-state index is -1.21. The standard InChI is InChI=1S/C19H23N5O5/c1-10(11-3-5-12(28-2)6-4-11)23-17-14-18(21-8-20-17)24(9-22-14)19-16(27)15(26)13(7-25)29-19/h3-6,8-10,13,15-16,19,25-27H,7H2,1-2H3,(H,20,21,23)/t10?,13-,15-,16-,19-/m1/s1. The zero-order valence-electron chi connectivity index (χ0n) is 16.0. The highest BCUT2D eigenvalue weighted by atomic mass is 16.6. The summed E-state index contributed by atoms with van der Waals surface area (Å²) in [4.78, 5) is 12.9. The molecule has 0 spiro atoms. The van der Waals surface area contributed by atoms with Gasteiger partial charge in [0.15, 0.2) is 23.2 Å². The molecule has 0 saturated carbocycles. The second-order valence-electron chi connectivity index (χ2n) is 6.91. The Balaban J connectivity index is 1.60. The average Bonchev–Trinajstić information content (AvgIpc) is 3.30. The maximum Gasteiger partial charge on any atom is 0.167 e. The number of benzene rings is 1. The van der Waals surface area contributed by atoms with Crippen molar-refractivity contribution in [3.05, 3.63) is 42.5 Å². The van der Waals surface area contributed by atoms with Gasteiger partial charge in [-0.25, -0.2) is 15.0 Å². The molecule has 1 aromatic carbocycles. The number of fused-ring (bicyclic) bond motifs is 1. The van der Waals surface area contributed by atoms with Gasteiger partial charge in [-0.1, -0.05) is 12.1 Å². The Kier molecular flexibility index (Phi) is 5.33. The number of nitrogens with one attached hydrogen (secondary N) is 1. The van der Waals surface area contributed by atoms with Crippen LogP contribution < -0.4 is 10.1 Å². The van der Waals surface area contributed by atoms with Crippen molar-refractivity contribution in [2.45, 2.75) is 37.5 Å². The SMILES string of the molecule is COc1ccc(C(C)Nc2ncnc3c2ncn3[C@@H]2O[C@H](CO)[C@@H](O)[C@H]2O)cc1. The smallest absolute Gasteiger partial charge is 0.167 e. The predicted octanol–water partition coefficient (Wildman–Crippen LogP) is 0.619. The molecule has 0 bridgehead atoms. The number of hydrogen-bond donors (Lipinski definition) is 4. The molecule has 4 N–H and O–H groups in total. The molecule has 0 radical (unpaired) electrons. The third-order valence-corrected chi connectivity index (χ3v) is 5.12. The zero-order valence-corrected chi connectivity index (χ0v) is 16.0. The third-order valence-electron chi connectivity index (χ3n) is 5.12. The average molecular weight is 401 g/mol. The van der Waals surface area contributed by atoms with Crippen LogP contribution in [0.1, 0.15) is 24.8 Å². The number of ether oxygens (including phenoxy) is 2. The summed E-state index contributed by atoms with van der Waals surface area (Å²) in [6.45, 7) is 1.60. The Morgan fingerprint density at radius 1 is 1.17 bits per heavy atom. The van der Waals surface area contributed by atoms with Crippen LogP contribution in [0.4, 0.5) is 5.82 Å². The fourth-order valence-corrected chi connectivity index (χ4v) is 3.43. The third kappa shape index (κ3) is 3.51. The largest absolute Gasteiger partial charge is 0.497 e. The van der Waals surface area contributed by atoms with Crippen molar-refractivity contribution in [3.8, 4) is 5.75 Å². The van der Waals surface area contributed by atoms with E-state index < -0.39 is 31.1 Å². The van der Waals surface area contributed by atoms with Gasteiger partial charge in [-0.15, -0.1) is 0 Å². The summed E-state index contributed by atoms with van der Waals surface area (Å²) in [5, 5.41) is 32.9. The van der Waals surface area contributed by atoms with Crippen molar-refractivity contribution in [2.24, 2.45) is 0 Å². The second kappa shape index (κ2) is 7.91. The summed E-state index contributed by atoms with van der Waals surface area (Å²) in [6, 6.07) is 7.65. The molecule has 1 aliphatic rings. The van der Waals surface area contributed by atoms with Gasteiger partial charge in [0.1, 0.15) is 30.4 Å². The second-order valence-corrected chi connectivity index (χ2v) is 6.91. The zero-order chi connectivity index (χ0) is 20.5. The molecule has 1 unspecified atom stereocenters. The lowest BCUT2D eigenvalue weighted by Crippen LogP contribution is -2.33. The van der Waals surface area contributed by atoms with E-state index in [9.17, 15) is 15.3 Å². The van der Waals surface area contributed by atoms with Gasteiger partial charge in [0.25, 0.3) is 0 Å². The normalized spacial score (nSPS) is 25.3. The van der Waals surface area contributed by atoms with Crippen LogP contribution in [-0.4, -0.2) is 66.9 Å². The summed E-state index contributed by atoms with van der Waals surface area (Å²) < 4.78 is 12.3. The van der Waals surface area contributed by atoms with Crippen LogP contribution in [-0.2, 0) is 4.74 Å². The van der Waals surface area contributed by atoms with Crippen molar-refractivity contribution in [1.29, 1.82) is 0 Å². The maximum atomic E-state index is 10.3. The van der Waals surface area contributed by atoms with E-state index in [0.29, 0.717) is 17.0 Å². The summed E-state index contributed by atoms with van der Waals surface area (Å²) in [7, 11) is 1.62. The van der Waals surface area contributed by atoms with Gasteiger partial charge in [0, 0.05) is 0 Å². The lowest BCUT2D eigenvalue weighted by atomic mass is 10.1. The van der Waals surface area contributed by atoms with Crippen LogP contribution in [0.2, 0.25) is 0 Å². The molecule has 1 fully saturated rings. The number of rotatable bonds is 6. The molecule has 0 amide bonds. The first-order valence-corrected chi connectivity index (χ1v) is 9.24. The molecule has 3 heterocycles. The Labute approximate surface area is 166 Å². The van der Waals surface area contributed by atoms with E-state index >= 15 is 0 Å². The Hall–Kier alpha value is -2.79. The summed E-state index contributed by atoms with van der Waals surface area (Å²) in [5.41, 5.74) is 1.99. The lowest BCUT2D eigenvalue weighted by molar-refractivity contribution is -0.0511. The van der Waals surface area contributed by atoms with Crippen LogP contribution >= 0.6 is 0 Å². The molecule has 5 atom stereocenters. The maximum absolute atomic E-state index is 10.3. The van der Waals surface area contributed by atoms with E-state index in [1.165, 1.54) is 17.2 Å². The minimum absolute atomic E-state index is 0.0573. The van der Waals surface area contributed by atoms with Gasteiger partial charge in [-0.3, -0.25) is 4.57 Å². The highest BCUT2D eigenvalue weighted by Gasteiger charge is 2.44. The van der Waals surface area contributed by atoms with Gasteiger partial charge in [0.05, 0.1) is 26.1 Å². The van der Waals surface area contributed by atoms with Gasteiger partial charge in [-0.05, 0) is 24.6 Å². The molecular weight excluding hydrogens is 378 g/mol. The molecule has 1 aliphatic heterocycles. The first-order chi connectivity index (χ1) is 14.0. The molecule has 10 nitrogen and oxygen atoms in total. The van der Waals surface area contributed by atoms with Crippen LogP contribution in [0, 0.1) is 0 Å². The van der Waals surface area contributed by atoms with Crippen molar-refractivity contribution in [3.63, 3.8) is 0 Å². The molecule has 3 aromatic rings. The van der Waals surface area contributed by atoms with Gasteiger partial charge in [-0.2, -0.15) is 0 Å². The van der Waals surface area contributed by atoms with E-state index in [2.05, 4.69) is 20.3 Å². The number of aliphatic hydroxyl groups excluding tert-OH is 3. The van der Waals surface area contributed by atoms with E-state index in [-0.39, 0.29) is 6.04 Å². The molecular formula is C19H23N5O5. The lowest BCUT2D eigenvalue weighted by Gasteiger charge is -2.17. The van der Waals surface area contributed by atoms with Crippen molar-refractivity contribution >= 4 is 17.0 Å². The molecule has 0 aliphatic carbocycles. The molecule has 1 saturated heterocycles. The summed E-state index contributed by atoms with van der Waals surface area (Å²) in [6.07, 6.45) is -1.32. The first-order valence-electron chi connectivity index (χ1n) is 9.24. The van der Waals surface area contributed by atoms with Crippen LogP contribution in [0.5, 0.6) is 5.75 Å². The number of anilines is 1. The van der Waals surface area contributed by atoms with E-state index in [4.69, 9.17) is 9.47 Å². The van der Waals surface area contributed by atoms with Gasteiger partial charge >= 0.3 is 0 Å². The molecule has 4 rings (SSSR count). The number of aromatic nitrogens is 4.